The maximum absolute atomic E-state index is 12.7. The van der Waals surface area contributed by atoms with Crippen molar-refractivity contribution in [2.75, 3.05) is 12.4 Å². The number of aryl methyl sites for hydroxylation is 1. The first-order valence-electron chi connectivity index (χ1n) is 9.42. The molecule has 6 heteroatoms. The normalized spacial score (nSPS) is 11.0. The smallest absolute Gasteiger partial charge is 0.257 e. The lowest BCUT2D eigenvalue weighted by Crippen LogP contribution is -2.36. The van der Waals surface area contributed by atoms with Crippen LogP contribution < -0.4 is 15.4 Å². The Labute approximate surface area is 170 Å². The van der Waals surface area contributed by atoms with Gasteiger partial charge in [0.1, 0.15) is 5.75 Å². The molecule has 3 rings (SSSR count). The van der Waals surface area contributed by atoms with Gasteiger partial charge in [-0.15, -0.1) is 0 Å². The Kier molecular flexibility index (Phi) is 6.95. The number of hydrogen-bond donors (Lipinski definition) is 2. The minimum Gasteiger partial charge on any atom is -0.497 e. The first-order valence-corrected chi connectivity index (χ1v) is 9.42. The van der Waals surface area contributed by atoms with E-state index in [1.807, 2.05) is 60.7 Å². The lowest BCUT2D eigenvalue weighted by Gasteiger charge is -2.12. The van der Waals surface area contributed by atoms with E-state index in [4.69, 9.17) is 4.74 Å². The van der Waals surface area contributed by atoms with Crippen molar-refractivity contribution in [3.63, 3.8) is 0 Å². The zero-order valence-electron chi connectivity index (χ0n) is 16.6. The van der Waals surface area contributed by atoms with E-state index < -0.39 is 0 Å². The third kappa shape index (κ3) is 5.90. The Bertz CT molecular complexity index is 952. The number of ether oxygens (including phenoxy) is 1. The van der Waals surface area contributed by atoms with E-state index in [0.717, 1.165) is 23.4 Å². The number of guanidine groups is 1. The number of benzene rings is 2. The molecule has 0 saturated carbocycles. The van der Waals surface area contributed by atoms with E-state index in [9.17, 15) is 4.79 Å². The Morgan fingerprint density at radius 3 is 2.41 bits per heavy atom. The lowest BCUT2D eigenvalue weighted by molar-refractivity contribution is 0.0977. The fourth-order valence-corrected chi connectivity index (χ4v) is 2.65. The first-order chi connectivity index (χ1) is 14.2. The Hall–Kier alpha value is -3.67. The zero-order valence-corrected chi connectivity index (χ0v) is 16.6. The van der Waals surface area contributed by atoms with E-state index in [-0.39, 0.29) is 5.91 Å². The molecule has 0 atom stereocenters. The molecule has 0 saturated heterocycles. The fourth-order valence-electron chi connectivity index (χ4n) is 2.65. The minimum absolute atomic E-state index is 0.224. The number of amides is 1. The zero-order chi connectivity index (χ0) is 20.5. The van der Waals surface area contributed by atoms with Crippen LogP contribution in [0.15, 0.2) is 78.0 Å². The number of methoxy groups -OCH3 is 1. The summed E-state index contributed by atoms with van der Waals surface area (Å²) in [5, 5.41) is 6.03. The number of carbonyl (C=O) groups is 1. The summed E-state index contributed by atoms with van der Waals surface area (Å²) in [6.07, 6.45) is 4.39. The van der Waals surface area contributed by atoms with Crippen LogP contribution in [-0.4, -0.2) is 24.0 Å². The molecule has 0 fully saturated rings. The number of rotatable bonds is 6. The number of carbonyl (C=O) groups excluding carboxylic acids is 1. The SMILES string of the molecule is CCc1ccc(C(=O)NC(=NCc2cccnc2)Nc2ccc(OC)cc2)cc1. The highest BCUT2D eigenvalue weighted by Gasteiger charge is 2.10. The van der Waals surface area contributed by atoms with Crippen LogP contribution >= 0.6 is 0 Å². The summed E-state index contributed by atoms with van der Waals surface area (Å²) in [6, 6.07) is 18.7. The molecule has 0 aliphatic carbocycles. The van der Waals surface area contributed by atoms with Crippen LogP contribution in [0.1, 0.15) is 28.4 Å². The molecule has 2 aromatic carbocycles. The van der Waals surface area contributed by atoms with Crippen LogP contribution in [0.25, 0.3) is 0 Å². The third-order valence-electron chi connectivity index (χ3n) is 4.35. The summed E-state index contributed by atoms with van der Waals surface area (Å²) >= 11 is 0. The van der Waals surface area contributed by atoms with E-state index in [2.05, 4.69) is 27.5 Å². The monoisotopic (exact) mass is 388 g/mol. The summed E-state index contributed by atoms with van der Waals surface area (Å²) in [6.45, 7) is 2.47. The van der Waals surface area contributed by atoms with Crippen LogP contribution in [0.4, 0.5) is 5.69 Å². The Morgan fingerprint density at radius 2 is 1.79 bits per heavy atom. The maximum atomic E-state index is 12.7. The highest BCUT2D eigenvalue weighted by atomic mass is 16.5. The quantitative estimate of drug-likeness (QED) is 0.493. The fraction of sp³-hybridized carbons (Fsp3) is 0.174. The Morgan fingerprint density at radius 1 is 1.03 bits per heavy atom. The number of aliphatic imine (C=N–C) groups is 1. The molecule has 1 heterocycles. The van der Waals surface area contributed by atoms with Gasteiger partial charge in [-0.25, -0.2) is 4.99 Å². The third-order valence-corrected chi connectivity index (χ3v) is 4.35. The van der Waals surface area contributed by atoms with E-state index in [1.165, 1.54) is 5.56 Å². The summed E-state index contributed by atoms with van der Waals surface area (Å²) in [7, 11) is 1.62. The van der Waals surface area contributed by atoms with E-state index in [1.54, 1.807) is 19.5 Å². The lowest BCUT2D eigenvalue weighted by atomic mass is 10.1. The van der Waals surface area contributed by atoms with E-state index in [0.29, 0.717) is 18.1 Å². The minimum atomic E-state index is -0.224. The number of aromatic nitrogens is 1. The molecule has 2 N–H and O–H groups in total. The maximum Gasteiger partial charge on any atom is 0.257 e. The second kappa shape index (κ2) is 10.0. The van der Waals surface area contributed by atoms with Gasteiger partial charge < -0.3 is 10.1 Å². The second-order valence-corrected chi connectivity index (χ2v) is 6.38. The molecule has 0 aliphatic heterocycles. The largest absolute Gasteiger partial charge is 0.497 e. The van der Waals surface area contributed by atoms with Gasteiger partial charge in [0.25, 0.3) is 5.91 Å². The van der Waals surface area contributed by atoms with Crippen LogP contribution in [0, 0.1) is 0 Å². The number of nitrogens with one attached hydrogen (secondary N) is 2. The molecular formula is C23H24N4O2. The summed E-state index contributed by atoms with van der Waals surface area (Å²) < 4.78 is 5.19. The van der Waals surface area contributed by atoms with Crippen LogP contribution in [0.2, 0.25) is 0 Å². The molecule has 3 aromatic rings. The van der Waals surface area contributed by atoms with Gasteiger partial charge in [0, 0.05) is 23.6 Å². The molecule has 29 heavy (non-hydrogen) atoms. The molecule has 6 nitrogen and oxygen atoms in total. The van der Waals surface area contributed by atoms with Gasteiger partial charge in [-0.3, -0.25) is 15.1 Å². The van der Waals surface area contributed by atoms with Crippen molar-refractivity contribution in [2.24, 2.45) is 4.99 Å². The number of anilines is 1. The molecule has 1 aromatic heterocycles. The topological polar surface area (TPSA) is 75.6 Å². The van der Waals surface area contributed by atoms with Crippen molar-refractivity contribution < 1.29 is 9.53 Å². The summed E-state index contributed by atoms with van der Waals surface area (Å²) in [4.78, 5) is 21.3. The van der Waals surface area contributed by atoms with Gasteiger partial charge in [-0.05, 0) is 60.0 Å². The summed E-state index contributed by atoms with van der Waals surface area (Å²) in [5.41, 5.74) is 3.50. The molecule has 0 spiro atoms. The van der Waals surface area contributed by atoms with Crippen molar-refractivity contribution in [1.82, 2.24) is 10.3 Å². The van der Waals surface area contributed by atoms with Crippen LogP contribution in [0.3, 0.4) is 0 Å². The molecule has 0 aliphatic rings. The van der Waals surface area contributed by atoms with Crippen molar-refractivity contribution in [3.8, 4) is 5.75 Å². The Balaban J connectivity index is 1.77. The van der Waals surface area contributed by atoms with Gasteiger partial charge in [0.2, 0.25) is 5.96 Å². The van der Waals surface area contributed by atoms with Gasteiger partial charge in [-0.1, -0.05) is 25.1 Å². The highest BCUT2D eigenvalue weighted by Crippen LogP contribution is 2.15. The number of nitrogens with zero attached hydrogens (tertiary/aromatic N) is 2. The van der Waals surface area contributed by atoms with Gasteiger partial charge in [-0.2, -0.15) is 0 Å². The predicted molar refractivity (Wildman–Crippen MR) is 115 cm³/mol. The van der Waals surface area contributed by atoms with Crippen molar-refractivity contribution in [1.29, 1.82) is 0 Å². The average Bonchev–Trinajstić information content (AvgIpc) is 2.78. The highest BCUT2D eigenvalue weighted by molar-refractivity contribution is 6.09. The number of hydrogen-bond acceptors (Lipinski definition) is 4. The van der Waals surface area contributed by atoms with Crippen LogP contribution in [0.5, 0.6) is 5.75 Å². The molecular weight excluding hydrogens is 364 g/mol. The molecule has 1 amide bonds. The van der Waals surface area contributed by atoms with Crippen molar-refractivity contribution in [3.05, 3.63) is 89.7 Å². The molecule has 0 unspecified atom stereocenters. The molecule has 148 valence electrons. The number of pyridine rings is 1. The average molecular weight is 388 g/mol. The molecule has 0 bridgehead atoms. The van der Waals surface area contributed by atoms with Crippen LogP contribution in [-0.2, 0) is 13.0 Å². The predicted octanol–water partition coefficient (Wildman–Crippen LogP) is 4.05. The van der Waals surface area contributed by atoms with Gasteiger partial charge >= 0.3 is 0 Å². The first kappa shape index (κ1) is 20.1. The standard InChI is InChI=1S/C23H24N4O2/c1-3-17-6-8-19(9-7-17)22(28)27-23(25-16-18-5-4-14-24-15-18)26-20-10-12-21(29-2)13-11-20/h4-15H,3,16H2,1-2H3,(H2,25,26,27,28). The molecule has 0 radical (unpaired) electrons. The van der Waals surface area contributed by atoms with E-state index >= 15 is 0 Å². The second-order valence-electron chi connectivity index (χ2n) is 6.38. The van der Waals surface area contributed by atoms with Gasteiger partial charge in [0.05, 0.1) is 13.7 Å². The van der Waals surface area contributed by atoms with Gasteiger partial charge in [0.15, 0.2) is 0 Å². The van der Waals surface area contributed by atoms with Crippen molar-refractivity contribution >= 4 is 17.6 Å². The van der Waals surface area contributed by atoms with Crippen molar-refractivity contribution in [2.45, 2.75) is 19.9 Å². The summed E-state index contributed by atoms with van der Waals surface area (Å²) in [5.74, 6) is 0.895.